The molecule has 0 aromatic heterocycles. The van der Waals surface area contributed by atoms with Crippen molar-refractivity contribution in [1.82, 2.24) is 4.90 Å². The van der Waals surface area contributed by atoms with Crippen LogP contribution in [0.5, 0.6) is 0 Å². The van der Waals surface area contributed by atoms with Crippen molar-refractivity contribution < 1.29 is 0 Å². The van der Waals surface area contributed by atoms with E-state index in [0.29, 0.717) is 0 Å². The summed E-state index contributed by atoms with van der Waals surface area (Å²) in [5.41, 5.74) is 7.72. The first-order valence-corrected chi connectivity index (χ1v) is 8.23. The Kier molecular flexibility index (Phi) is 4.57. The predicted octanol–water partition coefficient (Wildman–Crippen LogP) is 3.96. The van der Waals surface area contributed by atoms with Crippen LogP contribution in [0.3, 0.4) is 0 Å². The molecule has 0 spiro atoms. The van der Waals surface area contributed by atoms with Crippen molar-refractivity contribution >= 4 is 10.8 Å². The molecule has 21 heavy (non-hydrogen) atoms. The summed E-state index contributed by atoms with van der Waals surface area (Å²) in [6.07, 6.45) is 4.00. The predicted molar refractivity (Wildman–Crippen MR) is 90.3 cm³/mol. The Morgan fingerprint density at radius 1 is 1.19 bits per heavy atom. The zero-order chi connectivity index (χ0) is 14.7. The van der Waals surface area contributed by atoms with Gasteiger partial charge >= 0.3 is 0 Å². The summed E-state index contributed by atoms with van der Waals surface area (Å²) in [4.78, 5) is 2.55. The lowest BCUT2D eigenvalue weighted by Crippen LogP contribution is -2.39. The van der Waals surface area contributed by atoms with Crippen molar-refractivity contribution in [3.63, 3.8) is 0 Å². The summed E-state index contributed by atoms with van der Waals surface area (Å²) >= 11 is 0. The Balaban J connectivity index is 1.70. The molecule has 112 valence electrons. The maximum Gasteiger partial charge on any atom is 0.0424 e. The van der Waals surface area contributed by atoms with E-state index in [-0.39, 0.29) is 6.04 Å². The first-order valence-electron chi connectivity index (χ1n) is 8.23. The van der Waals surface area contributed by atoms with Crippen LogP contribution in [0.2, 0.25) is 0 Å². The van der Waals surface area contributed by atoms with E-state index in [9.17, 15) is 0 Å². The SMILES string of the molecule is CCC1CCCN(CC(N)c2ccc3ccccc3c2)C1. The smallest absolute Gasteiger partial charge is 0.0424 e. The van der Waals surface area contributed by atoms with Crippen molar-refractivity contribution in [2.45, 2.75) is 32.2 Å². The first-order chi connectivity index (χ1) is 10.3. The number of rotatable bonds is 4. The van der Waals surface area contributed by atoms with Gasteiger partial charge in [-0.15, -0.1) is 0 Å². The van der Waals surface area contributed by atoms with E-state index in [1.54, 1.807) is 0 Å². The molecular weight excluding hydrogens is 256 g/mol. The minimum Gasteiger partial charge on any atom is -0.323 e. The average Bonchev–Trinajstić information content (AvgIpc) is 2.54. The molecule has 1 fully saturated rings. The lowest BCUT2D eigenvalue weighted by atomic mass is 9.94. The van der Waals surface area contributed by atoms with E-state index in [0.717, 1.165) is 12.5 Å². The molecule has 2 aromatic rings. The summed E-state index contributed by atoms with van der Waals surface area (Å²) in [7, 11) is 0. The summed E-state index contributed by atoms with van der Waals surface area (Å²) in [6.45, 7) is 5.71. The number of piperidine rings is 1. The third kappa shape index (κ3) is 3.45. The topological polar surface area (TPSA) is 29.3 Å². The number of likely N-dealkylation sites (tertiary alicyclic amines) is 1. The van der Waals surface area contributed by atoms with Crippen molar-refractivity contribution in [1.29, 1.82) is 0 Å². The van der Waals surface area contributed by atoms with Crippen LogP contribution >= 0.6 is 0 Å². The lowest BCUT2D eigenvalue weighted by molar-refractivity contribution is 0.163. The molecule has 0 amide bonds. The highest BCUT2D eigenvalue weighted by Crippen LogP contribution is 2.23. The second-order valence-corrected chi connectivity index (χ2v) is 6.39. The van der Waals surface area contributed by atoms with Gasteiger partial charge in [-0.25, -0.2) is 0 Å². The van der Waals surface area contributed by atoms with Crippen LogP contribution in [0.1, 0.15) is 37.8 Å². The number of nitrogens with zero attached hydrogens (tertiary/aromatic N) is 1. The second-order valence-electron chi connectivity index (χ2n) is 6.39. The Hall–Kier alpha value is -1.38. The maximum atomic E-state index is 6.46. The van der Waals surface area contributed by atoms with Gasteiger partial charge < -0.3 is 10.6 Å². The molecule has 0 aliphatic carbocycles. The van der Waals surface area contributed by atoms with Crippen molar-refractivity contribution in [3.8, 4) is 0 Å². The van der Waals surface area contributed by atoms with Gasteiger partial charge in [0.15, 0.2) is 0 Å². The van der Waals surface area contributed by atoms with Gasteiger partial charge in [-0.3, -0.25) is 0 Å². The summed E-state index contributed by atoms with van der Waals surface area (Å²) < 4.78 is 0. The summed E-state index contributed by atoms with van der Waals surface area (Å²) in [5, 5.41) is 2.58. The summed E-state index contributed by atoms with van der Waals surface area (Å²) in [5.74, 6) is 0.863. The molecule has 1 aliphatic heterocycles. The normalized spacial score (nSPS) is 21.5. The summed E-state index contributed by atoms with van der Waals surface area (Å²) in [6, 6.07) is 15.2. The molecule has 0 bridgehead atoms. The molecule has 2 nitrogen and oxygen atoms in total. The van der Waals surface area contributed by atoms with Crippen LogP contribution in [0.15, 0.2) is 42.5 Å². The molecule has 0 saturated carbocycles. The maximum absolute atomic E-state index is 6.46. The minimum absolute atomic E-state index is 0.116. The van der Waals surface area contributed by atoms with Gasteiger partial charge in [0.05, 0.1) is 0 Å². The molecular formula is C19H26N2. The number of hydrogen-bond acceptors (Lipinski definition) is 2. The van der Waals surface area contributed by atoms with Crippen molar-refractivity contribution in [2.24, 2.45) is 11.7 Å². The van der Waals surface area contributed by atoms with Crippen LogP contribution in [-0.2, 0) is 0 Å². The molecule has 3 rings (SSSR count). The van der Waals surface area contributed by atoms with Crippen LogP contribution in [0.25, 0.3) is 10.8 Å². The molecule has 1 aliphatic rings. The molecule has 1 heterocycles. The average molecular weight is 282 g/mol. The number of fused-ring (bicyclic) bond motifs is 1. The molecule has 2 atom stereocenters. The zero-order valence-electron chi connectivity index (χ0n) is 13.0. The molecule has 2 N–H and O–H groups in total. The van der Waals surface area contributed by atoms with E-state index in [2.05, 4.69) is 54.3 Å². The van der Waals surface area contributed by atoms with E-state index >= 15 is 0 Å². The van der Waals surface area contributed by atoms with Gasteiger partial charge in [-0.05, 0) is 47.7 Å². The first kappa shape index (κ1) is 14.6. The second kappa shape index (κ2) is 6.59. The number of hydrogen-bond donors (Lipinski definition) is 1. The van der Waals surface area contributed by atoms with Crippen molar-refractivity contribution in [3.05, 3.63) is 48.0 Å². The highest BCUT2D eigenvalue weighted by atomic mass is 15.1. The Labute approximate surface area is 127 Å². The molecule has 2 aromatic carbocycles. The highest BCUT2D eigenvalue weighted by molar-refractivity contribution is 5.83. The lowest BCUT2D eigenvalue weighted by Gasteiger charge is -2.34. The molecule has 2 heteroatoms. The quantitative estimate of drug-likeness (QED) is 0.919. The highest BCUT2D eigenvalue weighted by Gasteiger charge is 2.20. The third-order valence-electron chi connectivity index (χ3n) is 4.84. The van der Waals surface area contributed by atoms with Gasteiger partial charge in [0.1, 0.15) is 0 Å². The fourth-order valence-electron chi connectivity index (χ4n) is 3.47. The fourth-order valence-corrected chi connectivity index (χ4v) is 3.47. The Bertz CT molecular complexity index is 593. The van der Waals surface area contributed by atoms with E-state index in [1.807, 2.05) is 0 Å². The standard InChI is InChI=1S/C19H26N2/c1-2-15-6-5-11-21(13-15)14-19(20)18-10-9-16-7-3-4-8-17(16)12-18/h3-4,7-10,12,15,19H,2,5-6,11,13-14,20H2,1H3. The largest absolute Gasteiger partial charge is 0.323 e. The van der Waals surface area contributed by atoms with Crippen molar-refractivity contribution in [2.75, 3.05) is 19.6 Å². The van der Waals surface area contributed by atoms with Gasteiger partial charge in [0, 0.05) is 19.1 Å². The van der Waals surface area contributed by atoms with Gasteiger partial charge in [0.2, 0.25) is 0 Å². The van der Waals surface area contributed by atoms with Crippen LogP contribution in [0, 0.1) is 5.92 Å². The van der Waals surface area contributed by atoms with Gasteiger partial charge in [0.25, 0.3) is 0 Å². The van der Waals surface area contributed by atoms with E-state index in [4.69, 9.17) is 5.73 Å². The third-order valence-corrected chi connectivity index (χ3v) is 4.84. The molecule has 2 unspecified atom stereocenters. The Morgan fingerprint density at radius 2 is 2.00 bits per heavy atom. The van der Waals surface area contributed by atoms with Crippen LogP contribution in [0.4, 0.5) is 0 Å². The number of nitrogens with two attached hydrogens (primary N) is 1. The van der Waals surface area contributed by atoms with Crippen LogP contribution < -0.4 is 5.73 Å². The molecule has 1 saturated heterocycles. The fraction of sp³-hybridized carbons (Fsp3) is 0.474. The minimum atomic E-state index is 0.116. The zero-order valence-corrected chi connectivity index (χ0v) is 13.0. The van der Waals surface area contributed by atoms with Crippen LogP contribution in [-0.4, -0.2) is 24.5 Å². The number of benzene rings is 2. The van der Waals surface area contributed by atoms with Gasteiger partial charge in [-0.1, -0.05) is 49.7 Å². The van der Waals surface area contributed by atoms with E-state index in [1.165, 1.54) is 48.7 Å². The van der Waals surface area contributed by atoms with Gasteiger partial charge in [-0.2, -0.15) is 0 Å². The Morgan fingerprint density at radius 3 is 2.81 bits per heavy atom. The van der Waals surface area contributed by atoms with E-state index < -0.39 is 0 Å². The monoisotopic (exact) mass is 282 g/mol. The molecule has 0 radical (unpaired) electrons.